The molecule has 1 aromatic heterocycles. The molecular weight excluding hydrogens is 230 g/mol. The number of carboxylic acid groups (broad SMARTS) is 1. The van der Waals surface area contributed by atoms with Crippen molar-refractivity contribution >= 4 is 15.8 Å². The molecule has 6 heteroatoms. The van der Waals surface area contributed by atoms with Crippen molar-refractivity contribution in [2.24, 2.45) is 5.92 Å². The van der Waals surface area contributed by atoms with Crippen LogP contribution >= 0.6 is 0 Å². The van der Waals surface area contributed by atoms with Gasteiger partial charge < -0.3 is 5.11 Å². The van der Waals surface area contributed by atoms with E-state index in [2.05, 4.69) is 4.98 Å². The molecule has 0 atom stereocenters. The number of sulfone groups is 1. The predicted octanol–water partition coefficient (Wildman–Crippen LogP) is 0.964. The number of aromatic nitrogens is 1. The molecule has 2 rings (SSSR count). The second kappa shape index (κ2) is 3.86. The molecular formula is C10H11NO4S. The van der Waals surface area contributed by atoms with Gasteiger partial charge in [0.25, 0.3) is 0 Å². The summed E-state index contributed by atoms with van der Waals surface area (Å²) in [7, 11) is -3.34. The Morgan fingerprint density at radius 3 is 2.56 bits per heavy atom. The van der Waals surface area contributed by atoms with E-state index in [0.29, 0.717) is 0 Å². The zero-order valence-electron chi connectivity index (χ0n) is 8.46. The van der Waals surface area contributed by atoms with Crippen molar-refractivity contribution in [1.29, 1.82) is 0 Å². The van der Waals surface area contributed by atoms with Crippen LogP contribution < -0.4 is 0 Å². The van der Waals surface area contributed by atoms with Crippen LogP contribution in [0.4, 0.5) is 0 Å². The topological polar surface area (TPSA) is 84.3 Å². The van der Waals surface area contributed by atoms with Crippen molar-refractivity contribution < 1.29 is 18.3 Å². The molecule has 0 saturated heterocycles. The highest BCUT2D eigenvalue weighted by Gasteiger charge is 2.29. The minimum atomic E-state index is -3.34. The van der Waals surface area contributed by atoms with Crippen LogP contribution in [0.1, 0.15) is 23.2 Å². The summed E-state index contributed by atoms with van der Waals surface area (Å²) in [5, 5.41) is 8.61. The number of aromatic carboxylic acids is 1. The van der Waals surface area contributed by atoms with Gasteiger partial charge in [-0.2, -0.15) is 0 Å². The fourth-order valence-corrected chi connectivity index (χ4v) is 2.98. The lowest BCUT2D eigenvalue weighted by atomic mass is 10.3. The first-order valence-corrected chi connectivity index (χ1v) is 6.56. The summed E-state index contributed by atoms with van der Waals surface area (Å²) in [5.74, 6) is -0.739. The van der Waals surface area contributed by atoms with Crippen LogP contribution in [-0.4, -0.2) is 30.2 Å². The lowest BCUT2D eigenvalue weighted by Gasteiger charge is -2.02. The molecule has 1 aliphatic rings. The highest BCUT2D eigenvalue weighted by molar-refractivity contribution is 7.91. The zero-order valence-corrected chi connectivity index (χ0v) is 9.27. The molecule has 0 aliphatic heterocycles. The fraction of sp³-hybridized carbons (Fsp3) is 0.400. The monoisotopic (exact) mass is 241 g/mol. The lowest BCUT2D eigenvalue weighted by Crippen LogP contribution is -2.10. The summed E-state index contributed by atoms with van der Waals surface area (Å²) in [6.07, 6.45) is 2.97. The van der Waals surface area contributed by atoms with Gasteiger partial charge in [-0.3, -0.25) is 0 Å². The number of hydrogen-bond donors (Lipinski definition) is 1. The van der Waals surface area contributed by atoms with Gasteiger partial charge in [0, 0.05) is 6.20 Å². The van der Waals surface area contributed by atoms with Crippen LogP contribution in [0.3, 0.4) is 0 Å². The molecule has 1 fully saturated rings. The first-order chi connectivity index (χ1) is 7.49. The molecule has 0 unspecified atom stereocenters. The highest BCUT2D eigenvalue weighted by atomic mass is 32.2. The number of rotatable bonds is 4. The third kappa shape index (κ3) is 2.38. The molecule has 5 nitrogen and oxygen atoms in total. The van der Waals surface area contributed by atoms with Crippen molar-refractivity contribution in [3.8, 4) is 0 Å². The van der Waals surface area contributed by atoms with Crippen LogP contribution in [0.2, 0.25) is 0 Å². The number of hydrogen-bond acceptors (Lipinski definition) is 4. The van der Waals surface area contributed by atoms with Crippen molar-refractivity contribution in [1.82, 2.24) is 4.98 Å². The van der Waals surface area contributed by atoms with E-state index < -0.39 is 15.8 Å². The molecule has 0 amide bonds. The van der Waals surface area contributed by atoms with E-state index in [0.717, 1.165) is 19.0 Å². The maximum Gasteiger partial charge on any atom is 0.337 e. The summed E-state index contributed by atoms with van der Waals surface area (Å²) >= 11 is 0. The SMILES string of the molecule is O=C(O)c1ccc(S(=O)(=O)CC2CC2)nc1. The Labute approximate surface area is 93.1 Å². The Bertz CT molecular complexity index is 502. The van der Waals surface area contributed by atoms with E-state index in [9.17, 15) is 13.2 Å². The van der Waals surface area contributed by atoms with E-state index in [1.807, 2.05) is 0 Å². The molecule has 0 aromatic carbocycles. The normalized spacial score (nSPS) is 16.0. The third-order valence-electron chi connectivity index (χ3n) is 2.45. The van der Waals surface area contributed by atoms with Crippen molar-refractivity contribution in [2.75, 3.05) is 5.75 Å². The molecule has 1 saturated carbocycles. The van der Waals surface area contributed by atoms with E-state index >= 15 is 0 Å². The molecule has 16 heavy (non-hydrogen) atoms. The molecule has 1 aromatic rings. The van der Waals surface area contributed by atoms with Crippen LogP contribution in [0.5, 0.6) is 0 Å². The second-order valence-electron chi connectivity index (χ2n) is 3.92. The van der Waals surface area contributed by atoms with Crippen LogP contribution in [-0.2, 0) is 9.84 Å². The Morgan fingerprint density at radius 2 is 2.12 bits per heavy atom. The number of carbonyl (C=O) groups is 1. The van der Waals surface area contributed by atoms with Gasteiger partial charge in [-0.1, -0.05) is 0 Å². The number of nitrogens with zero attached hydrogens (tertiary/aromatic N) is 1. The summed E-state index contributed by atoms with van der Waals surface area (Å²) in [5.41, 5.74) is -0.00891. The first kappa shape index (κ1) is 11.1. The number of carboxylic acids is 1. The Hall–Kier alpha value is -1.43. The Morgan fingerprint density at radius 1 is 1.44 bits per heavy atom. The average Bonchev–Trinajstić information content (AvgIpc) is 3.01. The van der Waals surface area contributed by atoms with E-state index in [4.69, 9.17) is 5.11 Å². The van der Waals surface area contributed by atoms with Crippen molar-refractivity contribution in [3.63, 3.8) is 0 Å². The van der Waals surface area contributed by atoms with Gasteiger partial charge >= 0.3 is 5.97 Å². The van der Waals surface area contributed by atoms with Gasteiger partial charge in [0.1, 0.15) is 0 Å². The molecule has 1 aliphatic carbocycles. The zero-order chi connectivity index (χ0) is 11.8. The average molecular weight is 241 g/mol. The summed E-state index contributed by atoms with van der Waals surface area (Å²) in [6.45, 7) is 0. The minimum absolute atomic E-state index is 0.00891. The summed E-state index contributed by atoms with van der Waals surface area (Å²) < 4.78 is 23.5. The maximum absolute atomic E-state index is 11.8. The Kier molecular flexibility index (Phi) is 2.67. The minimum Gasteiger partial charge on any atom is -0.478 e. The fourth-order valence-electron chi connectivity index (χ4n) is 1.37. The Balaban J connectivity index is 2.23. The summed E-state index contributed by atoms with van der Waals surface area (Å²) in [4.78, 5) is 14.2. The third-order valence-corrected chi connectivity index (χ3v) is 4.24. The van der Waals surface area contributed by atoms with Crippen LogP contribution in [0.15, 0.2) is 23.4 Å². The maximum atomic E-state index is 11.8. The largest absolute Gasteiger partial charge is 0.478 e. The molecule has 86 valence electrons. The smallest absolute Gasteiger partial charge is 0.337 e. The van der Waals surface area contributed by atoms with Gasteiger partial charge in [0.05, 0.1) is 11.3 Å². The molecule has 1 heterocycles. The summed E-state index contributed by atoms with van der Waals surface area (Å²) in [6, 6.07) is 2.51. The van der Waals surface area contributed by atoms with Crippen molar-refractivity contribution in [2.45, 2.75) is 17.9 Å². The second-order valence-corrected chi connectivity index (χ2v) is 5.90. The van der Waals surface area contributed by atoms with Crippen molar-refractivity contribution in [3.05, 3.63) is 23.9 Å². The van der Waals surface area contributed by atoms with Gasteiger partial charge in [0.15, 0.2) is 14.9 Å². The van der Waals surface area contributed by atoms with Gasteiger partial charge in [-0.05, 0) is 30.9 Å². The molecule has 0 radical (unpaired) electrons. The highest BCUT2D eigenvalue weighted by Crippen LogP contribution is 2.31. The van der Waals surface area contributed by atoms with Crippen LogP contribution in [0.25, 0.3) is 0 Å². The lowest BCUT2D eigenvalue weighted by molar-refractivity contribution is 0.0696. The van der Waals surface area contributed by atoms with Gasteiger partial charge in [0.2, 0.25) is 0 Å². The van der Waals surface area contributed by atoms with E-state index in [-0.39, 0.29) is 22.3 Å². The molecule has 0 bridgehead atoms. The predicted molar refractivity (Wildman–Crippen MR) is 56.0 cm³/mol. The number of pyridine rings is 1. The van der Waals surface area contributed by atoms with Crippen LogP contribution in [0, 0.1) is 5.92 Å². The van der Waals surface area contributed by atoms with Gasteiger partial charge in [-0.25, -0.2) is 18.2 Å². The quantitative estimate of drug-likeness (QED) is 0.848. The molecule has 0 spiro atoms. The van der Waals surface area contributed by atoms with E-state index in [1.54, 1.807) is 0 Å². The van der Waals surface area contributed by atoms with Gasteiger partial charge in [-0.15, -0.1) is 0 Å². The van der Waals surface area contributed by atoms with E-state index in [1.165, 1.54) is 12.1 Å². The first-order valence-electron chi connectivity index (χ1n) is 4.91. The standard InChI is InChI=1S/C10H11NO4S/c12-10(13)8-3-4-9(11-5-8)16(14,15)6-7-1-2-7/h3-5,7H,1-2,6H2,(H,12,13). The molecule has 1 N–H and O–H groups in total.